The van der Waals surface area contributed by atoms with Gasteiger partial charge in [0.2, 0.25) is 0 Å². The number of amides is 2. The SMILES string of the molecule is Cc1ccc(C)c(OCCN2C(=O)S/C(=C\c3cc(Br)c(OCc4ccc([N+](=O)[O-])cc4)c(Br)c3)C2=O)c1. The molecular weight excluding hydrogens is 640 g/mol. The number of ether oxygens (including phenoxy) is 2. The van der Waals surface area contributed by atoms with Crippen molar-refractivity contribution in [3.05, 3.63) is 101 Å². The van der Waals surface area contributed by atoms with Crippen LogP contribution in [0.1, 0.15) is 22.3 Å². The molecule has 1 aliphatic rings. The summed E-state index contributed by atoms with van der Waals surface area (Å²) in [7, 11) is 0. The Morgan fingerprint density at radius 2 is 1.68 bits per heavy atom. The maximum atomic E-state index is 12.9. The second kappa shape index (κ2) is 12.1. The van der Waals surface area contributed by atoms with Crippen LogP contribution in [0.25, 0.3) is 6.08 Å². The highest BCUT2D eigenvalue weighted by atomic mass is 79.9. The Hall–Kier alpha value is -3.15. The fourth-order valence-electron chi connectivity index (χ4n) is 3.62. The summed E-state index contributed by atoms with van der Waals surface area (Å²) in [6.45, 7) is 4.48. The number of hydrogen-bond donors (Lipinski definition) is 0. The highest BCUT2D eigenvalue weighted by molar-refractivity contribution is 9.11. The molecule has 0 atom stereocenters. The molecule has 0 aromatic heterocycles. The maximum absolute atomic E-state index is 12.9. The predicted molar refractivity (Wildman–Crippen MR) is 153 cm³/mol. The van der Waals surface area contributed by atoms with Crippen molar-refractivity contribution >= 4 is 66.5 Å². The Kier molecular flexibility index (Phi) is 8.91. The normalized spacial score (nSPS) is 14.3. The smallest absolute Gasteiger partial charge is 0.293 e. The average molecular weight is 662 g/mol. The number of non-ortho nitro benzene ring substituents is 1. The van der Waals surface area contributed by atoms with E-state index in [2.05, 4.69) is 31.9 Å². The molecule has 1 fully saturated rings. The molecule has 3 aromatic rings. The summed E-state index contributed by atoms with van der Waals surface area (Å²) < 4.78 is 13.0. The first-order valence-electron chi connectivity index (χ1n) is 11.4. The molecule has 1 aliphatic heterocycles. The Balaban J connectivity index is 1.40. The maximum Gasteiger partial charge on any atom is 0.293 e. The Labute approximate surface area is 240 Å². The molecule has 3 aromatic carbocycles. The zero-order valence-electron chi connectivity index (χ0n) is 20.4. The molecule has 2 amide bonds. The van der Waals surface area contributed by atoms with Crippen LogP contribution >= 0.6 is 43.6 Å². The van der Waals surface area contributed by atoms with E-state index in [1.54, 1.807) is 30.3 Å². The van der Waals surface area contributed by atoms with E-state index in [1.807, 2.05) is 32.0 Å². The van der Waals surface area contributed by atoms with E-state index in [-0.39, 0.29) is 36.6 Å². The van der Waals surface area contributed by atoms with Crippen molar-refractivity contribution in [2.24, 2.45) is 0 Å². The summed E-state index contributed by atoms with van der Waals surface area (Å²) in [5, 5.41) is 10.5. The lowest BCUT2D eigenvalue weighted by molar-refractivity contribution is -0.384. The molecule has 0 unspecified atom stereocenters. The largest absolute Gasteiger partial charge is 0.491 e. The summed E-state index contributed by atoms with van der Waals surface area (Å²) in [6.07, 6.45) is 1.66. The number of thioether (sulfide) groups is 1. The Morgan fingerprint density at radius 3 is 2.34 bits per heavy atom. The predicted octanol–water partition coefficient (Wildman–Crippen LogP) is 7.43. The summed E-state index contributed by atoms with van der Waals surface area (Å²) in [4.78, 5) is 37.3. The van der Waals surface area contributed by atoms with Crippen LogP contribution in [-0.4, -0.2) is 34.1 Å². The number of rotatable bonds is 9. The van der Waals surface area contributed by atoms with Gasteiger partial charge in [-0.3, -0.25) is 24.6 Å². The van der Waals surface area contributed by atoms with Crippen LogP contribution in [0.3, 0.4) is 0 Å². The number of hydrogen-bond acceptors (Lipinski definition) is 7. The first-order valence-corrected chi connectivity index (χ1v) is 13.8. The highest BCUT2D eigenvalue weighted by Gasteiger charge is 2.35. The van der Waals surface area contributed by atoms with E-state index in [0.717, 1.165) is 34.2 Å². The molecule has 1 saturated heterocycles. The molecule has 0 radical (unpaired) electrons. The van der Waals surface area contributed by atoms with Gasteiger partial charge in [-0.05, 0) is 116 Å². The lowest BCUT2D eigenvalue weighted by atomic mass is 10.1. The van der Waals surface area contributed by atoms with Crippen molar-refractivity contribution in [1.29, 1.82) is 0 Å². The van der Waals surface area contributed by atoms with Gasteiger partial charge in [0.05, 0.1) is 25.3 Å². The molecule has 0 N–H and O–H groups in total. The molecule has 4 rings (SSSR count). The van der Waals surface area contributed by atoms with Gasteiger partial charge in [-0.1, -0.05) is 12.1 Å². The van der Waals surface area contributed by atoms with E-state index in [0.29, 0.717) is 25.2 Å². The monoisotopic (exact) mass is 660 g/mol. The van der Waals surface area contributed by atoms with E-state index < -0.39 is 4.92 Å². The molecule has 0 saturated carbocycles. The minimum Gasteiger partial charge on any atom is -0.491 e. The summed E-state index contributed by atoms with van der Waals surface area (Å²) in [5.41, 5.74) is 3.54. The summed E-state index contributed by atoms with van der Waals surface area (Å²) in [5.74, 6) is 0.908. The third-order valence-electron chi connectivity index (χ3n) is 5.64. The number of benzene rings is 3. The van der Waals surface area contributed by atoms with Gasteiger partial charge in [0.1, 0.15) is 24.7 Å². The summed E-state index contributed by atoms with van der Waals surface area (Å²) in [6, 6.07) is 15.6. The van der Waals surface area contributed by atoms with E-state index in [1.165, 1.54) is 17.0 Å². The zero-order valence-corrected chi connectivity index (χ0v) is 24.4. The van der Waals surface area contributed by atoms with Gasteiger partial charge in [0, 0.05) is 12.1 Å². The standard InChI is InChI=1S/C27H22Br2N2O6S/c1-16-3-4-17(2)23(11-16)36-10-9-30-26(32)24(38-27(30)33)14-19-12-21(28)25(22(29)13-19)37-15-18-5-7-20(8-6-18)31(34)35/h3-8,11-14H,9-10,15H2,1-2H3/b24-14-. The van der Waals surface area contributed by atoms with Crippen LogP contribution in [-0.2, 0) is 11.4 Å². The molecule has 38 heavy (non-hydrogen) atoms. The number of nitro groups is 1. The van der Waals surface area contributed by atoms with Crippen LogP contribution in [0.2, 0.25) is 0 Å². The average Bonchev–Trinajstić information content (AvgIpc) is 3.13. The van der Waals surface area contributed by atoms with Crippen LogP contribution in [0, 0.1) is 24.0 Å². The molecule has 0 bridgehead atoms. The van der Waals surface area contributed by atoms with Gasteiger partial charge >= 0.3 is 0 Å². The van der Waals surface area contributed by atoms with Crippen molar-refractivity contribution in [3.63, 3.8) is 0 Å². The first kappa shape index (κ1) is 27.9. The quantitative estimate of drug-likeness (QED) is 0.134. The third-order valence-corrected chi connectivity index (χ3v) is 7.72. The Morgan fingerprint density at radius 1 is 1.00 bits per heavy atom. The van der Waals surface area contributed by atoms with Crippen molar-refractivity contribution in [2.45, 2.75) is 20.5 Å². The molecule has 8 nitrogen and oxygen atoms in total. The zero-order chi connectivity index (χ0) is 27.4. The second-order valence-electron chi connectivity index (χ2n) is 8.48. The van der Waals surface area contributed by atoms with Gasteiger partial charge in [-0.15, -0.1) is 0 Å². The molecule has 11 heteroatoms. The van der Waals surface area contributed by atoms with Gasteiger partial charge in [-0.25, -0.2) is 0 Å². The van der Waals surface area contributed by atoms with E-state index >= 15 is 0 Å². The van der Waals surface area contributed by atoms with Gasteiger partial charge < -0.3 is 9.47 Å². The summed E-state index contributed by atoms with van der Waals surface area (Å²) >= 11 is 7.89. The van der Waals surface area contributed by atoms with Crippen molar-refractivity contribution in [1.82, 2.24) is 4.90 Å². The van der Waals surface area contributed by atoms with Crippen LogP contribution < -0.4 is 9.47 Å². The number of carbonyl (C=O) groups excluding carboxylic acids is 2. The third kappa shape index (κ3) is 6.64. The van der Waals surface area contributed by atoms with Crippen molar-refractivity contribution in [2.75, 3.05) is 13.2 Å². The number of nitro benzene ring substituents is 1. The second-order valence-corrected chi connectivity index (χ2v) is 11.2. The molecule has 1 heterocycles. The number of nitrogens with zero attached hydrogens (tertiary/aromatic N) is 2. The molecule has 0 aliphatic carbocycles. The van der Waals surface area contributed by atoms with Gasteiger partial charge in [0.25, 0.3) is 16.8 Å². The number of halogens is 2. The minimum atomic E-state index is -0.453. The topological polar surface area (TPSA) is 99.0 Å². The lowest BCUT2D eigenvalue weighted by Gasteiger charge is -2.14. The fraction of sp³-hybridized carbons (Fsp3) is 0.185. The van der Waals surface area contributed by atoms with Gasteiger partial charge in [0.15, 0.2) is 0 Å². The lowest BCUT2D eigenvalue weighted by Crippen LogP contribution is -2.32. The Bertz CT molecular complexity index is 1420. The first-order chi connectivity index (χ1) is 18.1. The van der Waals surface area contributed by atoms with E-state index in [4.69, 9.17) is 9.47 Å². The fourth-order valence-corrected chi connectivity index (χ4v) is 5.94. The molecular formula is C27H22Br2N2O6S. The van der Waals surface area contributed by atoms with E-state index in [9.17, 15) is 19.7 Å². The molecule has 0 spiro atoms. The minimum absolute atomic E-state index is 0.0128. The van der Waals surface area contributed by atoms with Crippen LogP contribution in [0.5, 0.6) is 11.5 Å². The van der Waals surface area contributed by atoms with Gasteiger partial charge in [-0.2, -0.15) is 0 Å². The van der Waals surface area contributed by atoms with Crippen LogP contribution in [0.4, 0.5) is 10.5 Å². The number of carbonyl (C=O) groups is 2. The van der Waals surface area contributed by atoms with Crippen molar-refractivity contribution < 1.29 is 24.0 Å². The highest BCUT2D eigenvalue weighted by Crippen LogP contribution is 2.38. The number of aryl methyl sites for hydroxylation is 2. The van der Waals surface area contributed by atoms with Crippen LogP contribution in [0.15, 0.2) is 68.4 Å². The van der Waals surface area contributed by atoms with Crippen molar-refractivity contribution in [3.8, 4) is 11.5 Å². The number of imide groups is 1. The molecule has 196 valence electrons.